The summed E-state index contributed by atoms with van der Waals surface area (Å²) >= 11 is 6.25. The second kappa shape index (κ2) is 8.44. The van der Waals surface area contributed by atoms with Crippen molar-refractivity contribution >= 4 is 29.1 Å². The number of halogens is 1. The van der Waals surface area contributed by atoms with Crippen molar-refractivity contribution in [2.45, 2.75) is 65.9 Å². The number of allylic oxidation sites excluding steroid dienone is 4. The number of ketones is 1. The first-order valence-corrected chi connectivity index (χ1v) is 13.7. The molecule has 4 aliphatic carbocycles. The molecule has 1 unspecified atom stereocenters. The third-order valence-electron chi connectivity index (χ3n) is 10.7. The number of rotatable bonds is 4. The van der Waals surface area contributed by atoms with Crippen LogP contribution in [0.2, 0.25) is 0 Å². The van der Waals surface area contributed by atoms with Gasteiger partial charge in [0, 0.05) is 23.8 Å². The molecular formula is C30H38ClNO4. The zero-order chi connectivity index (χ0) is 26.1. The summed E-state index contributed by atoms with van der Waals surface area (Å²) in [5, 5.41) is 0. The molecule has 36 heavy (non-hydrogen) atoms. The van der Waals surface area contributed by atoms with Crippen molar-refractivity contribution in [2.24, 2.45) is 44.9 Å². The number of hydrogen-bond donors (Lipinski definition) is 0. The third kappa shape index (κ3) is 3.17. The molecule has 194 valence electrons. The van der Waals surface area contributed by atoms with Crippen LogP contribution in [0.4, 0.5) is 0 Å². The first-order valence-electron chi connectivity index (χ1n) is 13.2. The van der Waals surface area contributed by atoms with Gasteiger partial charge in [0.1, 0.15) is 0 Å². The van der Waals surface area contributed by atoms with Crippen LogP contribution in [0, 0.1) is 39.9 Å². The fraction of sp³-hybridized carbons (Fsp3) is 0.633. The van der Waals surface area contributed by atoms with Crippen molar-refractivity contribution in [2.75, 3.05) is 12.9 Å². The Bertz CT molecular complexity index is 1170. The van der Waals surface area contributed by atoms with E-state index < -0.39 is 17.0 Å². The standard InChI is InChI=1S/C30H38ClNO4/c1-18-16-29(5)23(28(4)11-9-20-15-21(32-6)10-12-27(20,3)25(18)28)14-19(2)30(29,24(33)17-31)36-26(34)22-8-7-13-35-22/h7-8,10,12-13,15,18-19,23,25H,9,11,14,16-17H2,1-6H3/t18-,19+,23-,25?,27-,28-,29-,30-/m0/s1. The van der Waals surface area contributed by atoms with E-state index in [1.54, 1.807) is 12.1 Å². The topological polar surface area (TPSA) is 68.9 Å². The zero-order valence-electron chi connectivity index (χ0n) is 22.3. The highest BCUT2D eigenvalue weighted by molar-refractivity contribution is 6.29. The van der Waals surface area contributed by atoms with E-state index in [9.17, 15) is 9.59 Å². The summed E-state index contributed by atoms with van der Waals surface area (Å²) in [6.07, 6.45) is 11.9. The third-order valence-corrected chi connectivity index (χ3v) is 10.9. The number of esters is 1. The highest BCUT2D eigenvalue weighted by Crippen LogP contribution is 2.74. The molecule has 4 aliphatic rings. The smallest absolute Gasteiger partial charge is 0.375 e. The molecule has 5 nitrogen and oxygen atoms in total. The van der Waals surface area contributed by atoms with Crippen LogP contribution in [0.3, 0.4) is 0 Å². The van der Waals surface area contributed by atoms with Gasteiger partial charge in [-0.05, 0) is 73.1 Å². The number of ether oxygens (including phenoxy) is 1. The average molecular weight is 512 g/mol. The first kappa shape index (κ1) is 25.5. The summed E-state index contributed by atoms with van der Waals surface area (Å²) in [6.45, 7) is 11.4. The number of furan rings is 1. The van der Waals surface area contributed by atoms with E-state index in [4.69, 9.17) is 20.8 Å². The van der Waals surface area contributed by atoms with Gasteiger partial charge in [-0.1, -0.05) is 46.3 Å². The van der Waals surface area contributed by atoms with E-state index in [-0.39, 0.29) is 40.1 Å². The zero-order valence-corrected chi connectivity index (χ0v) is 23.0. The minimum atomic E-state index is -1.28. The number of aliphatic imine (C=N–C) groups is 1. The lowest BCUT2D eigenvalue weighted by molar-refractivity contribution is -0.187. The molecule has 0 bridgehead atoms. The van der Waals surface area contributed by atoms with Crippen molar-refractivity contribution in [1.82, 2.24) is 0 Å². The van der Waals surface area contributed by atoms with Crippen LogP contribution in [-0.4, -0.2) is 36.0 Å². The van der Waals surface area contributed by atoms with Crippen LogP contribution < -0.4 is 0 Å². The second-order valence-electron chi connectivity index (χ2n) is 12.4. The lowest BCUT2D eigenvalue weighted by Gasteiger charge is -2.65. The van der Waals surface area contributed by atoms with E-state index in [1.807, 2.05) is 7.05 Å². The van der Waals surface area contributed by atoms with Gasteiger partial charge < -0.3 is 9.15 Å². The van der Waals surface area contributed by atoms with E-state index in [0.717, 1.165) is 31.4 Å². The van der Waals surface area contributed by atoms with Crippen LogP contribution in [0.5, 0.6) is 0 Å². The average Bonchev–Trinajstić information content (AvgIpc) is 3.45. The molecule has 3 fully saturated rings. The fourth-order valence-electron chi connectivity index (χ4n) is 9.64. The molecule has 8 atom stereocenters. The fourth-order valence-corrected chi connectivity index (χ4v) is 9.84. The summed E-state index contributed by atoms with van der Waals surface area (Å²) < 4.78 is 11.6. The molecule has 3 saturated carbocycles. The second-order valence-corrected chi connectivity index (χ2v) is 12.6. The van der Waals surface area contributed by atoms with Gasteiger partial charge in [-0.2, -0.15) is 0 Å². The maximum absolute atomic E-state index is 13.8. The quantitative estimate of drug-likeness (QED) is 0.334. The first-order chi connectivity index (χ1) is 17.0. The van der Waals surface area contributed by atoms with Gasteiger partial charge in [0.15, 0.2) is 11.4 Å². The molecule has 1 aromatic heterocycles. The Morgan fingerprint density at radius 3 is 2.64 bits per heavy atom. The number of alkyl halides is 1. The van der Waals surface area contributed by atoms with Crippen molar-refractivity contribution in [1.29, 1.82) is 0 Å². The minimum Gasteiger partial charge on any atom is -0.457 e. The van der Waals surface area contributed by atoms with Gasteiger partial charge in [0.25, 0.3) is 0 Å². The Balaban J connectivity index is 1.61. The number of hydrogen-bond acceptors (Lipinski definition) is 5. The van der Waals surface area contributed by atoms with Crippen molar-refractivity contribution in [3.05, 3.63) is 48.0 Å². The summed E-state index contributed by atoms with van der Waals surface area (Å²) in [6, 6.07) is 3.24. The summed E-state index contributed by atoms with van der Waals surface area (Å²) in [7, 11) is 1.85. The summed E-state index contributed by atoms with van der Waals surface area (Å²) in [5.74, 6) is -0.0629. The SMILES string of the molecule is CN=C1C=C[C@@]2(C)C(=C1)CC[C@]1(C)C2[C@@H](C)C[C@@]2(C)[C@H]1C[C@@H](C)[C@]2(OC(=O)c1ccco1)C(=O)CCl. The Labute approximate surface area is 219 Å². The molecule has 0 saturated heterocycles. The predicted molar refractivity (Wildman–Crippen MR) is 141 cm³/mol. The monoisotopic (exact) mass is 511 g/mol. The maximum Gasteiger partial charge on any atom is 0.375 e. The molecule has 0 aliphatic heterocycles. The van der Waals surface area contributed by atoms with Gasteiger partial charge in [-0.3, -0.25) is 9.79 Å². The largest absolute Gasteiger partial charge is 0.457 e. The highest BCUT2D eigenvalue weighted by Gasteiger charge is 2.75. The molecule has 0 radical (unpaired) electrons. The van der Waals surface area contributed by atoms with E-state index in [2.05, 4.69) is 57.8 Å². The van der Waals surface area contributed by atoms with E-state index in [1.165, 1.54) is 11.8 Å². The highest BCUT2D eigenvalue weighted by atomic mass is 35.5. The Kier molecular flexibility index (Phi) is 5.98. The molecular weight excluding hydrogens is 474 g/mol. The number of Topliss-reactive ketones (excluding diaryl/α,β-unsaturated/α-hetero) is 1. The molecule has 0 N–H and O–H groups in total. The molecule has 1 aromatic rings. The summed E-state index contributed by atoms with van der Waals surface area (Å²) in [5.41, 5.74) is 0.596. The number of fused-ring (bicyclic) bond motifs is 5. The van der Waals surface area contributed by atoms with Crippen molar-refractivity contribution < 1.29 is 18.7 Å². The van der Waals surface area contributed by atoms with Gasteiger partial charge in [-0.15, -0.1) is 11.6 Å². The minimum absolute atomic E-state index is 0.0244. The Hall–Kier alpha value is -2.14. The molecule has 0 spiro atoms. The summed E-state index contributed by atoms with van der Waals surface area (Å²) in [4.78, 5) is 31.5. The number of carbonyl (C=O) groups excluding carboxylic acids is 2. The van der Waals surface area contributed by atoms with Crippen molar-refractivity contribution in [3.63, 3.8) is 0 Å². The predicted octanol–water partition coefficient (Wildman–Crippen LogP) is 6.67. The van der Waals surface area contributed by atoms with Crippen LogP contribution in [0.1, 0.15) is 70.9 Å². The molecule has 1 heterocycles. The van der Waals surface area contributed by atoms with Gasteiger partial charge in [-0.25, -0.2) is 4.79 Å². The van der Waals surface area contributed by atoms with Crippen LogP contribution in [0.25, 0.3) is 0 Å². The molecule has 0 aromatic carbocycles. The van der Waals surface area contributed by atoms with Crippen molar-refractivity contribution in [3.8, 4) is 0 Å². The van der Waals surface area contributed by atoms with Gasteiger partial charge in [0.05, 0.1) is 17.9 Å². The van der Waals surface area contributed by atoms with Gasteiger partial charge in [0.2, 0.25) is 5.76 Å². The van der Waals surface area contributed by atoms with E-state index in [0.29, 0.717) is 11.8 Å². The van der Waals surface area contributed by atoms with Gasteiger partial charge >= 0.3 is 5.97 Å². The molecule has 5 rings (SSSR count). The number of nitrogens with zero attached hydrogens (tertiary/aromatic N) is 1. The Morgan fingerprint density at radius 2 is 2.00 bits per heavy atom. The maximum atomic E-state index is 13.8. The van der Waals surface area contributed by atoms with E-state index >= 15 is 0 Å². The van der Waals surface area contributed by atoms with Crippen LogP contribution in [-0.2, 0) is 9.53 Å². The lowest BCUT2D eigenvalue weighted by atomic mass is 9.39. The normalized spacial score (nSPS) is 44.4. The molecule has 0 amide bonds. The Morgan fingerprint density at radius 1 is 1.25 bits per heavy atom. The number of carbonyl (C=O) groups is 2. The van der Waals surface area contributed by atoms with Crippen LogP contribution in [0.15, 0.2) is 51.6 Å². The molecule has 6 heteroatoms. The van der Waals surface area contributed by atoms with Crippen LogP contribution >= 0.6 is 11.6 Å². The lowest BCUT2D eigenvalue weighted by Crippen LogP contribution is -2.65.